The van der Waals surface area contributed by atoms with E-state index in [0.717, 1.165) is 71.1 Å². The molecule has 1 amide bonds. The molecule has 0 unspecified atom stereocenters. The Morgan fingerprint density at radius 3 is 2.35 bits per heavy atom. The molecule has 2 aliphatic rings. The number of carbonyl (C=O) groups is 1. The molecule has 2 rings (SSSR count). The van der Waals surface area contributed by atoms with Crippen LogP contribution in [0.2, 0.25) is 0 Å². The predicted molar refractivity (Wildman–Crippen MR) is 77.0 cm³/mol. The summed E-state index contributed by atoms with van der Waals surface area (Å²) < 4.78 is 5.62. The summed E-state index contributed by atoms with van der Waals surface area (Å²) in [5.74, 6) is 0.0804. The number of likely N-dealkylation sites (tertiary alicyclic amines) is 1. The van der Waals surface area contributed by atoms with Crippen molar-refractivity contribution < 1.29 is 9.53 Å². The average Bonchev–Trinajstić information content (AvgIpc) is 2.74. The van der Waals surface area contributed by atoms with Crippen molar-refractivity contribution >= 4 is 5.91 Å². The van der Waals surface area contributed by atoms with Gasteiger partial charge in [-0.2, -0.15) is 5.26 Å². The Bertz CT molecular complexity index is 359. The van der Waals surface area contributed by atoms with Crippen LogP contribution < -0.4 is 0 Å². The van der Waals surface area contributed by atoms with Gasteiger partial charge in [0.1, 0.15) is 5.41 Å². The number of ether oxygens (including phenoxy) is 1. The van der Waals surface area contributed by atoms with Gasteiger partial charge < -0.3 is 9.64 Å². The number of carbonyl (C=O) groups excluding carboxylic acids is 1. The monoisotopic (exact) mass is 278 g/mol. The molecular weight excluding hydrogens is 252 g/mol. The molecule has 0 spiro atoms. The van der Waals surface area contributed by atoms with Crippen LogP contribution >= 0.6 is 0 Å². The van der Waals surface area contributed by atoms with Crippen LogP contribution in [0.4, 0.5) is 0 Å². The van der Waals surface area contributed by atoms with Gasteiger partial charge in [0.25, 0.3) is 0 Å². The molecule has 112 valence electrons. The van der Waals surface area contributed by atoms with Crippen LogP contribution in [0.5, 0.6) is 0 Å². The SMILES string of the molecule is CCOC1CCN(C(=O)C2(C#N)CCCCCC2)CC1. The first kappa shape index (κ1) is 15.3. The number of rotatable bonds is 3. The van der Waals surface area contributed by atoms with Gasteiger partial charge in [0.15, 0.2) is 0 Å². The van der Waals surface area contributed by atoms with E-state index in [1.165, 1.54) is 0 Å². The Morgan fingerprint density at radius 1 is 1.25 bits per heavy atom. The zero-order valence-corrected chi connectivity index (χ0v) is 12.6. The minimum atomic E-state index is -0.741. The molecule has 2 fully saturated rings. The standard InChI is InChI=1S/C16H26N2O2/c1-2-20-14-7-11-18(12-8-14)15(19)16(13-17)9-5-3-4-6-10-16/h14H,2-12H2,1H3. The normalized spacial score (nSPS) is 23.9. The quantitative estimate of drug-likeness (QED) is 0.746. The van der Waals surface area contributed by atoms with Crippen LogP contribution in [0.15, 0.2) is 0 Å². The third kappa shape index (κ3) is 3.32. The third-order valence-corrected chi connectivity index (χ3v) is 4.71. The minimum Gasteiger partial charge on any atom is -0.378 e. The zero-order valence-electron chi connectivity index (χ0n) is 12.6. The van der Waals surface area contributed by atoms with Gasteiger partial charge in [-0.25, -0.2) is 0 Å². The maximum Gasteiger partial charge on any atom is 0.243 e. The maximum absolute atomic E-state index is 12.8. The minimum absolute atomic E-state index is 0.0804. The van der Waals surface area contributed by atoms with E-state index in [-0.39, 0.29) is 12.0 Å². The van der Waals surface area contributed by atoms with Crippen LogP contribution in [0, 0.1) is 16.7 Å². The summed E-state index contributed by atoms with van der Waals surface area (Å²) in [6.07, 6.45) is 7.91. The van der Waals surface area contributed by atoms with E-state index in [1.54, 1.807) is 0 Å². The van der Waals surface area contributed by atoms with Gasteiger partial charge in [-0.1, -0.05) is 25.7 Å². The largest absolute Gasteiger partial charge is 0.378 e. The van der Waals surface area contributed by atoms with Crippen molar-refractivity contribution in [3.05, 3.63) is 0 Å². The summed E-state index contributed by atoms with van der Waals surface area (Å²) >= 11 is 0. The molecule has 0 radical (unpaired) electrons. The molecule has 4 nitrogen and oxygen atoms in total. The van der Waals surface area contributed by atoms with E-state index in [2.05, 4.69) is 6.07 Å². The molecule has 0 aromatic rings. The fraction of sp³-hybridized carbons (Fsp3) is 0.875. The lowest BCUT2D eigenvalue weighted by Gasteiger charge is -2.36. The van der Waals surface area contributed by atoms with Crippen LogP contribution in [-0.4, -0.2) is 36.6 Å². The van der Waals surface area contributed by atoms with Gasteiger partial charge in [-0.3, -0.25) is 4.79 Å². The molecule has 20 heavy (non-hydrogen) atoms. The van der Waals surface area contributed by atoms with E-state index in [9.17, 15) is 10.1 Å². The predicted octanol–water partition coefficient (Wildman–Crippen LogP) is 2.88. The molecule has 0 N–H and O–H groups in total. The summed E-state index contributed by atoms with van der Waals surface area (Å²) in [6.45, 7) is 4.23. The summed E-state index contributed by atoms with van der Waals surface area (Å²) in [6, 6.07) is 2.37. The van der Waals surface area contributed by atoms with Crippen LogP contribution in [-0.2, 0) is 9.53 Å². The topological polar surface area (TPSA) is 53.3 Å². The maximum atomic E-state index is 12.8. The van der Waals surface area contributed by atoms with Crippen molar-refractivity contribution in [3.8, 4) is 6.07 Å². The van der Waals surface area contributed by atoms with Crippen molar-refractivity contribution in [1.29, 1.82) is 5.26 Å². The lowest BCUT2D eigenvalue weighted by atomic mass is 9.80. The van der Waals surface area contributed by atoms with Gasteiger partial charge >= 0.3 is 0 Å². The van der Waals surface area contributed by atoms with Gasteiger partial charge in [0.2, 0.25) is 5.91 Å². The van der Waals surface area contributed by atoms with Crippen LogP contribution in [0.3, 0.4) is 0 Å². The second kappa shape index (κ2) is 7.08. The van der Waals surface area contributed by atoms with Crippen molar-refractivity contribution in [1.82, 2.24) is 4.90 Å². The fourth-order valence-electron chi connectivity index (χ4n) is 3.47. The van der Waals surface area contributed by atoms with Crippen molar-refractivity contribution in [3.63, 3.8) is 0 Å². The van der Waals surface area contributed by atoms with Crippen LogP contribution in [0.25, 0.3) is 0 Å². The molecular formula is C16H26N2O2. The Morgan fingerprint density at radius 2 is 1.85 bits per heavy atom. The Labute approximate surface area is 122 Å². The van der Waals surface area contributed by atoms with E-state index >= 15 is 0 Å². The van der Waals surface area contributed by atoms with E-state index in [4.69, 9.17) is 4.74 Å². The van der Waals surface area contributed by atoms with E-state index < -0.39 is 5.41 Å². The Kier molecular flexibility index (Phi) is 5.42. The number of hydrogen-bond acceptors (Lipinski definition) is 3. The molecule has 1 aliphatic carbocycles. The molecule has 4 heteroatoms. The highest BCUT2D eigenvalue weighted by Crippen LogP contribution is 2.37. The molecule has 0 aromatic heterocycles. The number of nitrogens with zero attached hydrogens (tertiary/aromatic N) is 2. The summed E-state index contributed by atoms with van der Waals surface area (Å²) in [7, 11) is 0. The first-order chi connectivity index (χ1) is 9.72. The van der Waals surface area contributed by atoms with Gasteiger partial charge in [0.05, 0.1) is 12.2 Å². The summed E-state index contributed by atoms with van der Waals surface area (Å²) in [4.78, 5) is 14.7. The van der Waals surface area contributed by atoms with Crippen molar-refractivity contribution in [2.45, 2.75) is 64.4 Å². The first-order valence-electron chi connectivity index (χ1n) is 8.04. The lowest BCUT2D eigenvalue weighted by Crippen LogP contribution is -2.48. The third-order valence-electron chi connectivity index (χ3n) is 4.71. The molecule has 0 atom stereocenters. The van der Waals surface area contributed by atoms with Gasteiger partial charge in [0, 0.05) is 19.7 Å². The fourth-order valence-corrected chi connectivity index (χ4v) is 3.47. The first-order valence-corrected chi connectivity index (χ1v) is 8.04. The van der Waals surface area contributed by atoms with E-state index in [1.807, 2.05) is 11.8 Å². The highest BCUT2D eigenvalue weighted by atomic mass is 16.5. The Balaban J connectivity index is 1.97. The lowest BCUT2D eigenvalue weighted by molar-refractivity contribution is -0.142. The highest BCUT2D eigenvalue weighted by Gasteiger charge is 2.42. The van der Waals surface area contributed by atoms with Gasteiger partial charge in [-0.05, 0) is 32.6 Å². The second-order valence-corrected chi connectivity index (χ2v) is 6.06. The number of piperidine rings is 1. The number of hydrogen-bond donors (Lipinski definition) is 0. The molecule has 0 aromatic carbocycles. The molecule has 1 heterocycles. The smallest absolute Gasteiger partial charge is 0.243 e. The van der Waals surface area contributed by atoms with E-state index in [0.29, 0.717) is 0 Å². The van der Waals surface area contributed by atoms with Crippen molar-refractivity contribution in [2.24, 2.45) is 5.41 Å². The Hall–Kier alpha value is -1.08. The molecule has 1 aliphatic heterocycles. The number of nitriles is 1. The molecule has 0 bridgehead atoms. The summed E-state index contributed by atoms with van der Waals surface area (Å²) in [5.41, 5.74) is -0.741. The molecule has 1 saturated heterocycles. The molecule has 1 saturated carbocycles. The zero-order chi connectivity index (χ0) is 14.4. The van der Waals surface area contributed by atoms with Crippen LogP contribution in [0.1, 0.15) is 58.3 Å². The number of amides is 1. The van der Waals surface area contributed by atoms with Gasteiger partial charge in [-0.15, -0.1) is 0 Å². The highest BCUT2D eigenvalue weighted by molar-refractivity contribution is 5.85. The second-order valence-electron chi connectivity index (χ2n) is 6.06. The van der Waals surface area contributed by atoms with Crippen molar-refractivity contribution in [2.75, 3.05) is 19.7 Å². The average molecular weight is 278 g/mol. The summed E-state index contributed by atoms with van der Waals surface area (Å²) in [5, 5.41) is 9.58.